The highest BCUT2D eigenvalue weighted by Crippen LogP contribution is 2.18. The quantitative estimate of drug-likeness (QED) is 0.717. The zero-order valence-corrected chi connectivity index (χ0v) is 9.25. The standard InChI is InChI=1S/C11H12S2/c1-9-4-5-11(13-9)7-6-10-3-2-8-12-10/h2-5,8H,6-7H2,1H3. The lowest BCUT2D eigenvalue weighted by molar-refractivity contribution is 1.00. The molecule has 2 aromatic rings. The first-order valence-electron chi connectivity index (χ1n) is 4.42. The van der Waals surface area contributed by atoms with Crippen molar-refractivity contribution in [1.82, 2.24) is 0 Å². The molecule has 0 aliphatic carbocycles. The summed E-state index contributed by atoms with van der Waals surface area (Å²) in [7, 11) is 0. The highest BCUT2D eigenvalue weighted by atomic mass is 32.1. The van der Waals surface area contributed by atoms with E-state index in [1.54, 1.807) is 0 Å². The minimum atomic E-state index is 1.19. The smallest absolute Gasteiger partial charge is 0.00516 e. The molecule has 0 aliphatic rings. The highest BCUT2D eigenvalue weighted by Gasteiger charge is 1.98. The summed E-state index contributed by atoms with van der Waals surface area (Å²) < 4.78 is 0. The molecule has 0 bridgehead atoms. The van der Waals surface area contributed by atoms with Crippen LogP contribution in [-0.2, 0) is 12.8 Å². The van der Waals surface area contributed by atoms with Crippen molar-refractivity contribution < 1.29 is 0 Å². The Hall–Kier alpha value is -0.600. The zero-order chi connectivity index (χ0) is 9.10. The molecule has 0 saturated heterocycles. The fourth-order valence-corrected chi connectivity index (χ4v) is 2.92. The Morgan fingerprint density at radius 2 is 1.92 bits per heavy atom. The average molecular weight is 208 g/mol. The molecule has 2 heteroatoms. The number of thiophene rings is 2. The molecular formula is C11H12S2. The van der Waals surface area contributed by atoms with Gasteiger partial charge in [-0.15, -0.1) is 22.7 Å². The van der Waals surface area contributed by atoms with Crippen molar-refractivity contribution in [2.75, 3.05) is 0 Å². The van der Waals surface area contributed by atoms with Crippen LogP contribution < -0.4 is 0 Å². The van der Waals surface area contributed by atoms with Crippen LogP contribution in [0.1, 0.15) is 14.6 Å². The maximum Gasteiger partial charge on any atom is 0.00516 e. The van der Waals surface area contributed by atoms with Gasteiger partial charge in [0, 0.05) is 14.6 Å². The van der Waals surface area contributed by atoms with E-state index < -0.39 is 0 Å². The van der Waals surface area contributed by atoms with Crippen molar-refractivity contribution in [2.24, 2.45) is 0 Å². The van der Waals surface area contributed by atoms with Crippen molar-refractivity contribution in [3.05, 3.63) is 44.3 Å². The second-order valence-corrected chi connectivity index (χ2v) is 5.50. The molecular weight excluding hydrogens is 196 g/mol. The predicted octanol–water partition coefficient (Wildman–Crippen LogP) is 3.90. The molecule has 2 heterocycles. The van der Waals surface area contributed by atoms with E-state index in [9.17, 15) is 0 Å². The Balaban J connectivity index is 1.93. The van der Waals surface area contributed by atoms with Gasteiger partial charge in [-0.3, -0.25) is 0 Å². The second-order valence-electron chi connectivity index (χ2n) is 3.09. The van der Waals surface area contributed by atoms with Gasteiger partial charge in [-0.05, 0) is 43.3 Å². The lowest BCUT2D eigenvalue weighted by atomic mass is 10.2. The summed E-state index contributed by atoms with van der Waals surface area (Å²) >= 11 is 3.77. The Bertz CT molecular complexity index is 357. The predicted molar refractivity (Wildman–Crippen MR) is 60.8 cm³/mol. The summed E-state index contributed by atoms with van der Waals surface area (Å²) in [5, 5.41) is 2.15. The van der Waals surface area contributed by atoms with Crippen molar-refractivity contribution >= 4 is 22.7 Å². The maximum atomic E-state index is 2.24. The Morgan fingerprint density at radius 3 is 2.54 bits per heavy atom. The third-order valence-electron chi connectivity index (χ3n) is 1.99. The normalized spacial score (nSPS) is 10.5. The van der Waals surface area contributed by atoms with Gasteiger partial charge in [-0.1, -0.05) is 6.07 Å². The number of rotatable bonds is 3. The van der Waals surface area contributed by atoms with Gasteiger partial charge in [0.25, 0.3) is 0 Å². The van der Waals surface area contributed by atoms with Crippen LogP contribution in [0.5, 0.6) is 0 Å². The van der Waals surface area contributed by atoms with Gasteiger partial charge >= 0.3 is 0 Å². The molecule has 0 aromatic carbocycles. The first-order valence-corrected chi connectivity index (χ1v) is 6.12. The molecule has 0 N–H and O–H groups in total. The Morgan fingerprint density at radius 1 is 1.08 bits per heavy atom. The fraction of sp³-hybridized carbons (Fsp3) is 0.273. The molecule has 0 radical (unpaired) electrons. The molecule has 0 fully saturated rings. The Kier molecular flexibility index (Phi) is 2.81. The fourth-order valence-electron chi connectivity index (χ4n) is 1.32. The van der Waals surface area contributed by atoms with E-state index in [1.807, 2.05) is 22.7 Å². The molecule has 0 spiro atoms. The summed E-state index contributed by atoms with van der Waals surface area (Å²) in [4.78, 5) is 4.41. The zero-order valence-electron chi connectivity index (χ0n) is 7.62. The van der Waals surface area contributed by atoms with Crippen LogP contribution in [0, 0.1) is 6.92 Å². The van der Waals surface area contributed by atoms with E-state index in [0.29, 0.717) is 0 Å². The Labute approximate surface area is 86.9 Å². The van der Waals surface area contributed by atoms with E-state index in [-0.39, 0.29) is 0 Å². The molecule has 68 valence electrons. The third-order valence-corrected chi connectivity index (χ3v) is 3.99. The van der Waals surface area contributed by atoms with Crippen LogP contribution in [-0.4, -0.2) is 0 Å². The van der Waals surface area contributed by atoms with Gasteiger partial charge < -0.3 is 0 Å². The molecule has 0 saturated carbocycles. The molecule has 2 rings (SSSR count). The molecule has 0 unspecified atom stereocenters. The minimum Gasteiger partial charge on any atom is -0.149 e. The van der Waals surface area contributed by atoms with Gasteiger partial charge in [0.1, 0.15) is 0 Å². The van der Waals surface area contributed by atoms with Crippen LogP contribution in [0.15, 0.2) is 29.6 Å². The average Bonchev–Trinajstić information content (AvgIpc) is 2.71. The largest absolute Gasteiger partial charge is 0.149 e. The van der Waals surface area contributed by atoms with Crippen molar-refractivity contribution in [3.8, 4) is 0 Å². The van der Waals surface area contributed by atoms with E-state index in [0.717, 1.165) is 0 Å². The molecule has 2 aromatic heterocycles. The van der Waals surface area contributed by atoms with E-state index in [1.165, 1.54) is 27.5 Å². The van der Waals surface area contributed by atoms with Gasteiger partial charge in [0.15, 0.2) is 0 Å². The van der Waals surface area contributed by atoms with Crippen LogP contribution in [0.25, 0.3) is 0 Å². The summed E-state index contributed by atoms with van der Waals surface area (Å²) in [5.41, 5.74) is 0. The minimum absolute atomic E-state index is 1.19. The summed E-state index contributed by atoms with van der Waals surface area (Å²) in [6, 6.07) is 8.78. The van der Waals surface area contributed by atoms with Gasteiger partial charge in [-0.25, -0.2) is 0 Å². The van der Waals surface area contributed by atoms with Crippen LogP contribution in [0.4, 0.5) is 0 Å². The number of hydrogen-bond donors (Lipinski definition) is 0. The van der Waals surface area contributed by atoms with Crippen molar-refractivity contribution in [2.45, 2.75) is 19.8 Å². The highest BCUT2D eigenvalue weighted by molar-refractivity contribution is 7.12. The molecule has 0 atom stereocenters. The lowest BCUT2D eigenvalue weighted by Crippen LogP contribution is -1.83. The summed E-state index contributed by atoms with van der Waals surface area (Å²) in [6.07, 6.45) is 2.39. The van der Waals surface area contributed by atoms with E-state index in [2.05, 4.69) is 36.6 Å². The van der Waals surface area contributed by atoms with Crippen LogP contribution in [0.3, 0.4) is 0 Å². The topological polar surface area (TPSA) is 0 Å². The molecule has 0 nitrogen and oxygen atoms in total. The third kappa shape index (κ3) is 2.42. The van der Waals surface area contributed by atoms with Crippen molar-refractivity contribution in [1.29, 1.82) is 0 Å². The maximum absolute atomic E-state index is 2.24. The van der Waals surface area contributed by atoms with E-state index >= 15 is 0 Å². The molecule has 0 amide bonds. The first kappa shape index (κ1) is 8.97. The van der Waals surface area contributed by atoms with Crippen molar-refractivity contribution in [3.63, 3.8) is 0 Å². The lowest BCUT2D eigenvalue weighted by Gasteiger charge is -1.93. The van der Waals surface area contributed by atoms with Gasteiger partial charge in [-0.2, -0.15) is 0 Å². The van der Waals surface area contributed by atoms with E-state index in [4.69, 9.17) is 0 Å². The summed E-state index contributed by atoms with van der Waals surface area (Å²) in [5.74, 6) is 0. The molecule has 0 aliphatic heterocycles. The number of aryl methyl sites for hydroxylation is 3. The monoisotopic (exact) mass is 208 g/mol. The first-order chi connectivity index (χ1) is 6.34. The second kappa shape index (κ2) is 4.07. The van der Waals surface area contributed by atoms with Gasteiger partial charge in [0.2, 0.25) is 0 Å². The van der Waals surface area contributed by atoms with Gasteiger partial charge in [0.05, 0.1) is 0 Å². The van der Waals surface area contributed by atoms with Crippen LogP contribution in [0.2, 0.25) is 0 Å². The molecule has 13 heavy (non-hydrogen) atoms. The van der Waals surface area contributed by atoms with Crippen LogP contribution >= 0.6 is 22.7 Å². The SMILES string of the molecule is Cc1ccc(CCc2cccs2)s1. The number of hydrogen-bond acceptors (Lipinski definition) is 2. The summed E-state index contributed by atoms with van der Waals surface area (Å²) in [6.45, 7) is 2.17.